The third kappa shape index (κ3) is 3.42. The fourth-order valence-corrected chi connectivity index (χ4v) is 2.37. The molecule has 3 N–H and O–H groups in total. The number of hydrogen-bond donors (Lipinski definition) is 2. The van der Waals surface area contributed by atoms with Crippen LogP contribution in [0.2, 0.25) is 0 Å². The summed E-state index contributed by atoms with van der Waals surface area (Å²) in [6.45, 7) is 2.21. The molecule has 0 bridgehead atoms. The maximum atomic E-state index is 11.2. The zero-order valence-electron chi connectivity index (χ0n) is 11.0. The lowest BCUT2D eigenvalue weighted by Gasteiger charge is -2.09. The molecule has 2 unspecified atom stereocenters. The van der Waals surface area contributed by atoms with E-state index in [0.29, 0.717) is 23.2 Å². The van der Waals surface area contributed by atoms with Gasteiger partial charge in [-0.1, -0.05) is 0 Å². The zero-order chi connectivity index (χ0) is 14.9. The molecule has 0 aliphatic heterocycles. The lowest BCUT2D eigenvalue weighted by atomic mass is 10.3. The predicted molar refractivity (Wildman–Crippen MR) is 75.8 cm³/mol. The SMILES string of the molecule is CC(NCc1cc2oc(S(N)(=O)=O)cc2cn1)S(C)=O. The van der Waals surface area contributed by atoms with Crippen LogP contribution in [0, 0.1) is 0 Å². The lowest BCUT2D eigenvalue weighted by Crippen LogP contribution is -2.29. The van der Waals surface area contributed by atoms with E-state index in [1.54, 1.807) is 19.2 Å². The van der Waals surface area contributed by atoms with E-state index in [0.717, 1.165) is 0 Å². The Labute approximate surface area is 119 Å². The van der Waals surface area contributed by atoms with E-state index >= 15 is 0 Å². The highest BCUT2D eigenvalue weighted by Crippen LogP contribution is 2.21. The number of hydrogen-bond acceptors (Lipinski definition) is 6. The Morgan fingerprint density at radius 2 is 2.20 bits per heavy atom. The smallest absolute Gasteiger partial charge is 0.271 e. The number of nitrogens with zero attached hydrogens (tertiary/aromatic N) is 1. The second-order valence-electron chi connectivity index (χ2n) is 4.35. The molecule has 0 amide bonds. The van der Waals surface area contributed by atoms with Crippen LogP contribution in [-0.2, 0) is 27.4 Å². The zero-order valence-corrected chi connectivity index (χ0v) is 12.6. The second kappa shape index (κ2) is 5.60. The topological polar surface area (TPSA) is 115 Å². The monoisotopic (exact) mass is 317 g/mol. The van der Waals surface area contributed by atoms with Crippen LogP contribution in [0.25, 0.3) is 11.0 Å². The maximum Gasteiger partial charge on any atom is 0.271 e. The molecule has 2 rings (SSSR count). The van der Waals surface area contributed by atoms with Gasteiger partial charge in [0.05, 0.1) is 11.1 Å². The summed E-state index contributed by atoms with van der Waals surface area (Å²) < 4.78 is 38.8. The highest BCUT2D eigenvalue weighted by atomic mass is 32.2. The molecule has 0 aliphatic rings. The molecule has 2 aromatic heterocycles. The Morgan fingerprint density at radius 3 is 2.80 bits per heavy atom. The van der Waals surface area contributed by atoms with Crippen molar-refractivity contribution in [3.05, 3.63) is 24.0 Å². The van der Waals surface area contributed by atoms with Crippen LogP contribution < -0.4 is 10.5 Å². The molecule has 20 heavy (non-hydrogen) atoms. The lowest BCUT2D eigenvalue weighted by molar-refractivity contribution is 0.482. The van der Waals surface area contributed by atoms with Crippen LogP contribution in [0.1, 0.15) is 12.6 Å². The summed E-state index contributed by atoms with van der Waals surface area (Å²) >= 11 is 0. The average Bonchev–Trinajstić information content (AvgIpc) is 2.78. The van der Waals surface area contributed by atoms with Crippen molar-refractivity contribution in [2.24, 2.45) is 5.14 Å². The molecule has 0 aliphatic carbocycles. The molecule has 9 heteroatoms. The van der Waals surface area contributed by atoms with E-state index in [1.165, 1.54) is 12.3 Å². The fraction of sp³-hybridized carbons (Fsp3) is 0.364. The van der Waals surface area contributed by atoms with Crippen molar-refractivity contribution in [2.45, 2.75) is 23.9 Å². The molecule has 0 aromatic carbocycles. The van der Waals surface area contributed by atoms with Crippen molar-refractivity contribution in [1.29, 1.82) is 0 Å². The minimum Gasteiger partial charge on any atom is -0.443 e. The number of nitrogens with two attached hydrogens (primary N) is 1. The molecule has 0 fully saturated rings. The summed E-state index contributed by atoms with van der Waals surface area (Å²) in [4.78, 5) is 4.18. The number of sulfonamides is 1. The van der Waals surface area contributed by atoms with E-state index in [-0.39, 0.29) is 10.5 Å². The average molecular weight is 317 g/mol. The number of aromatic nitrogens is 1. The molecule has 110 valence electrons. The Morgan fingerprint density at radius 1 is 1.50 bits per heavy atom. The second-order valence-corrected chi connectivity index (χ2v) is 7.54. The largest absolute Gasteiger partial charge is 0.443 e. The van der Waals surface area contributed by atoms with Gasteiger partial charge in [-0.25, -0.2) is 13.6 Å². The number of pyridine rings is 1. The van der Waals surface area contributed by atoms with Crippen LogP contribution >= 0.6 is 0 Å². The third-order valence-electron chi connectivity index (χ3n) is 2.78. The van der Waals surface area contributed by atoms with Crippen molar-refractivity contribution < 1.29 is 17.0 Å². The molecular weight excluding hydrogens is 302 g/mol. The first-order valence-corrected chi connectivity index (χ1v) is 8.91. The highest BCUT2D eigenvalue weighted by molar-refractivity contribution is 7.89. The van der Waals surface area contributed by atoms with Crippen LogP contribution in [0.15, 0.2) is 27.8 Å². The maximum absolute atomic E-state index is 11.2. The highest BCUT2D eigenvalue weighted by Gasteiger charge is 2.15. The first-order valence-electron chi connectivity index (χ1n) is 5.74. The number of nitrogens with one attached hydrogen (secondary N) is 1. The Bertz CT molecular complexity index is 754. The van der Waals surface area contributed by atoms with Gasteiger partial charge in [0, 0.05) is 47.3 Å². The minimum absolute atomic E-state index is 0.163. The van der Waals surface area contributed by atoms with Crippen molar-refractivity contribution in [3.8, 4) is 0 Å². The van der Waals surface area contributed by atoms with Gasteiger partial charge in [0.15, 0.2) is 0 Å². The molecule has 0 spiro atoms. The van der Waals surface area contributed by atoms with Crippen molar-refractivity contribution >= 4 is 31.8 Å². The normalized spacial score (nSPS) is 15.3. The van der Waals surface area contributed by atoms with Gasteiger partial charge in [0.2, 0.25) is 5.09 Å². The van der Waals surface area contributed by atoms with Gasteiger partial charge in [-0.2, -0.15) is 0 Å². The first kappa shape index (κ1) is 15.1. The summed E-state index contributed by atoms with van der Waals surface area (Å²) in [6.07, 6.45) is 3.12. The summed E-state index contributed by atoms with van der Waals surface area (Å²) in [7, 11) is -4.84. The van der Waals surface area contributed by atoms with Crippen molar-refractivity contribution in [1.82, 2.24) is 10.3 Å². The van der Waals surface area contributed by atoms with E-state index < -0.39 is 20.8 Å². The summed E-state index contributed by atoms with van der Waals surface area (Å²) in [5, 5.41) is 8.16. The quantitative estimate of drug-likeness (QED) is 0.819. The van der Waals surface area contributed by atoms with Crippen LogP contribution in [0.3, 0.4) is 0 Å². The third-order valence-corrected chi connectivity index (χ3v) is 4.71. The molecule has 0 saturated carbocycles. The van der Waals surface area contributed by atoms with Gasteiger partial charge < -0.3 is 4.42 Å². The van der Waals surface area contributed by atoms with E-state index in [1.807, 2.05) is 0 Å². The molecule has 7 nitrogen and oxygen atoms in total. The minimum atomic E-state index is -3.86. The van der Waals surface area contributed by atoms with Gasteiger partial charge in [0.1, 0.15) is 5.58 Å². The van der Waals surface area contributed by atoms with Crippen molar-refractivity contribution in [2.75, 3.05) is 6.26 Å². The first-order chi connectivity index (χ1) is 9.27. The number of primary sulfonamides is 1. The molecule has 2 heterocycles. The predicted octanol–water partition coefficient (Wildman–Crippen LogP) is 0.289. The molecule has 0 radical (unpaired) electrons. The van der Waals surface area contributed by atoms with Crippen LogP contribution in [0.4, 0.5) is 0 Å². The Hall–Kier alpha value is -1.29. The summed E-state index contributed by atoms with van der Waals surface area (Å²) in [5.41, 5.74) is 1.05. The van der Waals surface area contributed by atoms with Crippen molar-refractivity contribution in [3.63, 3.8) is 0 Å². The fourth-order valence-electron chi connectivity index (χ4n) is 1.55. The van der Waals surface area contributed by atoms with E-state index in [2.05, 4.69) is 10.3 Å². The standard InChI is InChI=1S/C11H15N3O4S2/c1-7(19(2)15)13-6-9-4-10-8(5-14-9)3-11(18-10)20(12,16)17/h3-5,7,13H,6H2,1-2H3,(H2,12,16,17). The van der Waals surface area contributed by atoms with Gasteiger partial charge in [-0.3, -0.25) is 14.5 Å². The van der Waals surface area contributed by atoms with E-state index in [9.17, 15) is 12.6 Å². The Kier molecular flexibility index (Phi) is 4.23. The molecular formula is C11H15N3O4S2. The molecule has 2 atom stereocenters. The van der Waals surface area contributed by atoms with Gasteiger partial charge in [0.25, 0.3) is 10.0 Å². The van der Waals surface area contributed by atoms with Crippen LogP contribution in [-0.4, -0.2) is 29.2 Å². The molecule has 2 aromatic rings. The van der Waals surface area contributed by atoms with Gasteiger partial charge in [-0.15, -0.1) is 0 Å². The van der Waals surface area contributed by atoms with E-state index in [4.69, 9.17) is 9.56 Å². The number of fused-ring (bicyclic) bond motifs is 1. The molecule has 0 saturated heterocycles. The Balaban J connectivity index is 2.23. The van der Waals surface area contributed by atoms with Gasteiger partial charge >= 0.3 is 0 Å². The van der Waals surface area contributed by atoms with Crippen LogP contribution in [0.5, 0.6) is 0 Å². The number of furan rings is 1. The van der Waals surface area contributed by atoms with Gasteiger partial charge in [-0.05, 0) is 6.92 Å². The number of rotatable bonds is 5. The summed E-state index contributed by atoms with van der Waals surface area (Å²) in [6, 6.07) is 2.96. The summed E-state index contributed by atoms with van der Waals surface area (Å²) in [5.74, 6) is 0.